The van der Waals surface area contributed by atoms with E-state index >= 15 is 0 Å². The molecule has 0 aromatic heterocycles. The van der Waals surface area contributed by atoms with Gasteiger partial charge in [-0.15, -0.1) is 0 Å². The van der Waals surface area contributed by atoms with Gasteiger partial charge in [0.05, 0.1) is 6.10 Å². The van der Waals surface area contributed by atoms with E-state index in [9.17, 15) is 5.11 Å². The third-order valence-corrected chi connectivity index (χ3v) is 4.74. The molecule has 0 radical (unpaired) electrons. The summed E-state index contributed by atoms with van der Waals surface area (Å²) in [6.45, 7) is 12.3. The van der Waals surface area contributed by atoms with Crippen LogP contribution >= 0.6 is 0 Å². The van der Waals surface area contributed by atoms with Gasteiger partial charge in [0.15, 0.2) is 0 Å². The van der Waals surface area contributed by atoms with E-state index in [4.69, 9.17) is 0 Å². The van der Waals surface area contributed by atoms with Gasteiger partial charge in [-0.2, -0.15) is 0 Å². The maximum atomic E-state index is 10.7. The lowest BCUT2D eigenvalue weighted by atomic mass is 9.82. The highest BCUT2D eigenvalue weighted by Gasteiger charge is 2.34. The first-order valence-electron chi connectivity index (χ1n) is 7.85. The van der Waals surface area contributed by atoms with Crippen LogP contribution in [0.4, 0.5) is 0 Å². The minimum absolute atomic E-state index is 0.118. The van der Waals surface area contributed by atoms with Crippen LogP contribution < -0.4 is 0 Å². The van der Waals surface area contributed by atoms with Crippen molar-refractivity contribution in [3.8, 4) is 0 Å². The van der Waals surface area contributed by atoms with Crippen LogP contribution in [0.3, 0.4) is 0 Å². The quantitative estimate of drug-likeness (QED) is 0.885. The Kier molecular flexibility index (Phi) is 4.87. The van der Waals surface area contributed by atoms with Gasteiger partial charge in [0.1, 0.15) is 0 Å². The van der Waals surface area contributed by atoms with Crippen molar-refractivity contribution in [1.29, 1.82) is 0 Å². The highest BCUT2D eigenvalue weighted by molar-refractivity contribution is 5.19. The van der Waals surface area contributed by atoms with Crippen molar-refractivity contribution in [3.05, 3.63) is 35.9 Å². The number of rotatable bonds is 5. The van der Waals surface area contributed by atoms with Gasteiger partial charge < -0.3 is 10.0 Å². The minimum atomic E-state index is -0.401. The molecule has 0 aliphatic carbocycles. The number of hydrogen-bond acceptors (Lipinski definition) is 2. The molecule has 2 nitrogen and oxygen atoms in total. The molecule has 2 heteroatoms. The molecular formula is C18H29NO. The SMILES string of the molecule is CC(C)C1CCN(CC(C)(C)C(O)c2ccccc2)C1. The highest BCUT2D eigenvalue weighted by Crippen LogP contribution is 2.36. The Bertz CT molecular complexity index is 413. The van der Waals surface area contributed by atoms with E-state index in [1.165, 1.54) is 19.5 Å². The van der Waals surface area contributed by atoms with Gasteiger partial charge in [-0.1, -0.05) is 58.0 Å². The van der Waals surface area contributed by atoms with Crippen LogP contribution in [-0.4, -0.2) is 29.6 Å². The molecule has 112 valence electrons. The van der Waals surface area contributed by atoms with Crippen LogP contribution in [0, 0.1) is 17.3 Å². The molecule has 1 saturated heterocycles. The van der Waals surface area contributed by atoms with E-state index < -0.39 is 6.10 Å². The van der Waals surface area contributed by atoms with Crippen LogP contribution in [0.25, 0.3) is 0 Å². The van der Waals surface area contributed by atoms with Crippen LogP contribution in [0.15, 0.2) is 30.3 Å². The Balaban J connectivity index is 1.97. The predicted octanol–water partition coefficient (Wildman–Crippen LogP) is 3.72. The zero-order valence-corrected chi connectivity index (χ0v) is 13.3. The first kappa shape index (κ1) is 15.5. The van der Waals surface area contributed by atoms with Gasteiger partial charge in [0.2, 0.25) is 0 Å². The number of benzene rings is 1. The molecule has 1 aromatic rings. The fourth-order valence-electron chi connectivity index (χ4n) is 3.30. The third-order valence-electron chi connectivity index (χ3n) is 4.74. The summed E-state index contributed by atoms with van der Waals surface area (Å²) in [7, 11) is 0. The summed E-state index contributed by atoms with van der Waals surface area (Å²) in [5, 5.41) is 10.7. The maximum absolute atomic E-state index is 10.7. The zero-order valence-electron chi connectivity index (χ0n) is 13.3. The maximum Gasteiger partial charge on any atom is 0.0853 e. The minimum Gasteiger partial charge on any atom is -0.388 e. The van der Waals surface area contributed by atoms with E-state index in [0.29, 0.717) is 0 Å². The van der Waals surface area contributed by atoms with Crippen molar-refractivity contribution < 1.29 is 5.11 Å². The van der Waals surface area contributed by atoms with E-state index in [1.807, 2.05) is 30.3 Å². The lowest BCUT2D eigenvalue weighted by molar-refractivity contribution is 0.0243. The Hall–Kier alpha value is -0.860. The first-order valence-corrected chi connectivity index (χ1v) is 7.85. The normalized spacial score (nSPS) is 22.4. The largest absolute Gasteiger partial charge is 0.388 e. The van der Waals surface area contributed by atoms with Crippen molar-refractivity contribution in [2.75, 3.05) is 19.6 Å². The second-order valence-electron chi connectivity index (χ2n) is 7.33. The molecule has 2 unspecified atom stereocenters. The Morgan fingerprint density at radius 3 is 2.45 bits per heavy atom. The summed E-state index contributed by atoms with van der Waals surface area (Å²) in [5.41, 5.74) is 0.907. The Labute approximate surface area is 123 Å². The standard InChI is InChI=1S/C18H29NO/c1-14(2)16-10-11-19(12-16)13-18(3,4)17(20)15-8-6-5-7-9-15/h5-9,14,16-17,20H,10-13H2,1-4H3. The van der Waals surface area contributed by atoms with Crippen LogP contribution in [0.1, 0.15) is 45.8 Å². The molecule has 1 aliphatic rings. The molecule has 0 saturated carbocycles. The second kappa shape index (κ2) is 6.28. The van der Waals surface area contributed by atoms with Gasteiger partial charge in [-0.25, -0.2) is 0 Å². The Morgan fingerprint density at radius 1 is 1.25 bits per heavy atom. The molecule has 2 atom stereocenters. The van der Waals surface area contributed by atoms with Gasteiger partial charge in [-0.05, 0) is 30.4 Å². The lowest BCUT2D eigenvalue weighted by Gasteiger charge is -2.35. The molecular weight excluding hydrogens is 246 g/mol. The average Bonchev–Trinajstić information content (AvgIpc) is 2.87. The molecule has 0 spiro atoms. The number of hydrogen-bond donors (Lipinski definition) is 1. The molecule has 1 aromatic carbocycles. The monoisotopic (exact) mass is 275 g/mol. The molecule has 0 bridgehead atoms. The molecule has 1 fully saturated rings. The summed E-state index contributed by atoms with van der Waals surface area (Å²) in [4.78, 5) is 2.52. The summed E-state index contributed by atoms with van der Waals surface area (Å²) < 4.78 is 0. The second-order valence-corrected chi connectivity index (χ2v) is 7.33. The molecule has 1 aliphatic heterocycles. The first-order chi connectivity index (χ1) is 9.40. The topological polar surface area (TPSA) is 23.5 Å². The van der Waals surface area contributed by atoms with E-state index in [2.05, 4.69) is 32.6 Å². The van der Waals surface area contributed by atoms with Crippen molar-refractivity contribution in [1.82, 2.24) is 4.90 Å². The van der Waals surface area contributed by atoms with Gasteiger partial charge >= 0.3 is 0 Å². The molecule has 20 heavy (non-hydrogen) atoms. The number of likely N-dealkylation sites (tertiary alicyclic amines) is 1. The predicted molar refractivity (Wildman–Crippen MR) is 84.6 cm³/mol. The molecule has 1 heterocycles. The average molecular weight is 275 g/mol. The van der Waals surface area contributed by atoms with Crippen molar-refractivity contribution in [2.45, 2.75) is 40.2 Å². The third kappa shape index (κ3) is 3.62. The van der Waals surface area contributed by atoms with Crippen molar-refractivity contribution in [2.24, 2.45) is 17.3 Å². The highest BCUT2D eigenvalue weighted by atomic mass is 16.3. The number of nitrogens with zero attached hydrogens (tertiary/aromatic N) is 1. The smallest absolute Gasteiger partial charge is 0.0853 e. The molecule has 2 rings (SSSR count). The number of aliphatic hydroxyl groups excluding tert-OH is 1. The van der Waals surface area contributed by atoms with E-state index in [-0.39, 0.29) is 5.41 Å². The lowest BCUT2D eigenvalue weighted by Crippen LogP contribution is -2.37. The summed E-state index contributed by atoms with van der Waals surface area (Å²) in [5.74, 6) is 1.59. The van der Waals surface area contributed by atoms with Crippen molar-refractivity contribution >= 4 is 0 Å². The molecule has 0 amide bonds. The zero-order chi connectivity index (χ0) is 14.8. The number of aliphatic hydroxyl groups is 1. The Morgan fingerprint density at radius 2 is 1.90 bits per heavy atom. The molecule has 1 N–H and O–H groups in total. The van der Waals surface area contributed by atoms with Gasteiger partial charge in [0, 0.05) is 18.5 Å². The summed E-state index contributed by atoms with van der Waals surface area (Å²) >= 11 is 0. The van der Waals surface area contributed by atoms with Crippen LogP contribution in [0.5, 0.6) is 0 Å². The van der Waals surface area contributed by atoms with E-state index in [0.717, 1.165) is 23.9 Å². The van der Waals surface area contributed by atoms with Gasteiger partial charge in [-0.3, -0.25) is 0 Å². The van der Waals surface area contributed by atoms with Crippen molar-refractivity contribution in [3.63, 3.8) is 0 Å². The summed E-state index contributed by atoms with van der Waals surface area (Å²) in [6.07, 6.45) is 0.900. The van der Waals surface area contributed by atoms with Crippen LogP contribution in [0.2, 0.25) is 0 Å². The summed E-state index contributed by atoms with van der Waals surface area (Å²) in [6, 6.07) is 10.0. The van der Waals surface area contributed by atoms with E-state index in [1.54, 1.807) is 0 Å². The fraction of sp³-hybridized carbons (Fsp3) is 0.667. The van der Waals surface area contributed by atoms with Crippen LogP contribution in [-0.2, 0) is 0 Å². The fourth-order valence-corrected chi connectivity index (χ4v) is 3.30. The van der Waals surface area contributed by atoms with Gasteiger partial charge in [0.25, 0.3) is 0 Å².